The van der Waals surface area contributed by atoms with E-state index in [0.717, 1.165) is 31.0 Å². The van der Waals surface area contributed by atoms with Crippen LogP contribution in [-0.2, 0) is 11.8 Å². The number of carbonyl (C=O) groups excluding carboxylic acids is 1. The van der Waals surface area contributed by atoms with Gasteiger partial charge in [-0.1, -0.05) is 30.3 Å². The van der Waals surface area contributed by atoms with Crippen LogP contribution in [-0.4, -0.2) is 58.5 Å². The molecule has 3 rings (SSSR count). The van der Waals surface area contributed by atoms with Gasteiger partial charge in [-0.05, 0) is 12.5 Å². The van der Waals surface area contributed by atoms with Gasteiger partial charge in [0.15, 0.2) is 0 Å². The summed E-state index contributed by atoms with van der Waals surface area (Å²) in [5.41, 5.74) is 1.15. The van der Waals surface area contributed by atoms with E-state index in [9.17, 15) is 4.79 Å². The second-order valence-electron chi connectivity index (χ2n) is 6.68. The molecule has 1 aromatic carbocycles. The topological polar surface area (TPSA) is 53.4 Å². The Balaban J connectivity index is 0.00000243. The molecule has 0 bridgehead atoms. The summed E-state index contributed by atoms with van der Waals surface area (Å²) in [5.74, 6) is 1.14. The Hall–Kier alpha value is -1.89. The number of likely N-dealkylation sites (N-methyl/N-ethyl adjacent to an activating group) is 1. The van der Waals surface area contributed by atoms with Crippen LogP contribution >= 0.6 is 12.4 Å². The number of nitrogens with zero attached hydrogens (tertiary/aromatic N) is 4. The number of hydrogen-bond donors (Lipinski definition) is 1. The Morgan fingerprint density at radius 2 is 2.12 bits per heavy atom. The minimum Gasteiger partial charge on any atom is -0.338 e. The van der Waals surface area contributed by atoms with Gasteiger partial charge >= 0.3 is 0 Å². The highest BCUT2D eigenvalue weighted by Gasteiger charge is 2.29. The fourth-order valence-electron chi connectivity index (χ4n) is 3.34. The Kier molecular flexibility index (Phi) is 7.20. The average molecular weight is 378 g/mol. The first-order valence-electron chi connectivity index (χ1n) is 8.80. The molecule has 1 fully saturated rings. The van der Waals surface area contributed by atoms with Crippen molar-refractivity contribution >= 4 is 18.3 Å². The number of benzene rings is 1. The van der Waals surface area contributed by atoms with Gasteiger partial charge in [-0.15, -0.1) is 12.4 Å². The molecule has 2 aromatic rings. The van der Waals surface area contributed by atoms with Gasteiger partial charge in [0.05, 0.1) is 18.6 Å². The van der Waals surface area contributed by atoms with Gasteiger partial charge < -0.3 is 14.8 Å². The first-order chi connectivity index (χ1) is 12.1. The summed E-state index contributed by atoms with van der Waals surface area (Å²) in [6.07, 6.45) is 3.76. The second kappa shape index (κ2) is 9.16. The number of halogens is 1. The Morgan fingerprint density at radius 3 is 2.77 bits per heavy atom. The first kappa shape index (κ1) is 20.4. The van der Waals surface area contributed by atoms with Crippen molar-refractivity contribution in [1.29, 1.82) is 0 Å². The molecule has 142 valence electrons. The van der Waals surface area contributed by atoms with Crippen LogP contribution in [0.1, 0.15) is 30.4 Å². The van der Waals surface area contributed by atoms with Crippen LogP contribution in [0.4, 0.5) is 0 Å². The molecular weight excluding hydrogens is 350 g/mol. The molecule has 1 N–H and O–H groups in total. The molecule has 2 unspecified atom stereocenters. The zero-order valence-corrected chi connectivity index (χ0v) is 16.4. The van der Waals surface area contributed by atoms with E-state index in [4.69, 9.17) is 0 Å². The molecule has 1 saturated heterocycles. The van der Waals surface area contributed by atoms with Crippen molar-refractivity contribution in [1.82, 2.24) is 24.7 Å². The number of aromatic nitrogens is 2. The molecule has 6 nitrogen and oxygen atoms in total. The third kappa shape index (κ3) is 4.44. The second-order valence-corrected chi connectivity index (χ2v) is 6.68. The van der Waals surface area contributed by atoms with Gasteiger partial charge in [0.1, 0.15) is 5.82 Å². The van der Waals surface area contributed by atoms with Crippen LogP contribution in [0, 0.1) is 0 Å². The molecule has 0 radical (unpaired) electrons. The van der Waals surface area contributed by atoms with Gasteiger partial charge in [-0.3, -0.25) is 9.69 Å². The van der Waals surface area contributed by atoms with Crippen LogP contribution in [0.2, 0.25) is 0 Å². The number of rotatable bonds is 5. The molecule has 1 amide bonds. The fraction of sp³-hybridized carbons (Fsp3) is 0.474. The maximum absolute atomic E-state index is 12.9. The van der Waals surface area contributed by atoms with Crippen molar-refractivity contribution < 1.29 is 4.79 Å². The largest absolute Gasteiger partial charge is 0.338 e. The van der Waals surface area contributed by atoms with Crippen molar-refractivity contribution in [3.63, 3.8) is 0 Å². The van der Waals surface area contributed by atoms with Gasteiger partial charge in [-0.2, -0.15) is 0 Å². The number of nitrogens with one attached hydrogen (secondary N) is 1. The number of hydrogen-bond acceptors (Lipinski definition) is 4. The number of aryl methyl sites for hydroxylation is 1. The van der Waals surface area contributed by atoms with Crippen LogP contribution in [0.15, 0.2) is 42.7 Å². The summed E-state index contributed by atoms with van der Waals surface area (Å²) in [6.45, 7) is 5.03. The minimum absolute atomic E-state index is 0. The molecule has 2 heterocycles. The van der Waals surface area contributed by atoms with Crippen LogP contribution in [0.25, 0.3) is 0 Å². The highest BCUT2D eigenvalue weighted by Crippen LogP contribution is 2.22. The standard InChI is InChI=1S/C19H27N5O.ClH/c1-15(16-7-5-4-6-8-16)23(3)18(25)14-24-12-9-20-13-17(24)19-21-10-11-22(19)2;/h4-8,10-11,15,17,20H,9,12-14H2,1-3H3;1H. The van der Waals surface area contributed by atoms with Crippen molar-refractivity contribution in [2.24, 2.45) is 7.05 Å². The zero-order valence-electron chi connectivity index (χ0n) is 15.6. The quantitative estimate of drug-likeness (QED) is 0.866. The first-order valence-corrected chi connectivity index (χ1v) is 8.80. The summed E-state index contributed by atoms with van der Waals surface area (Å²) < 4.78 is 2.03. The number of amides is 1. The van der Waals surface area contributed by atoms with E-state index in [-0.39, 0.29) is 30.4 Å². The predicted molar refractivity (Wildman–Crippen MR) is 105 cm³/mol. The molecule has 1 aliphatic rings. The van der Waals surface area contributed by atoms with E-state index in [0.29, 0.717) is 6.54 Å². The monoisotopic (exact) mass is 377 g/mol. The van der Waals surface area contributed by atoms with Crippen molar-refractivity contribution in [2.45, 2.75) is 19.0 Å². The van der Waals surface area contributed by atoms with E-state index in [1.165, 1.54) is 0 Å². The molecule has 2 atom stereocenters. The molecule has 1 aliphatic heterocycles. The summed E-state index contributed by atoms with van der Waals surface area (Å²) in [6, 6.07) is 10.3. The minimum atomic E-state index is 0. The van der Waals surface area contributed by atoms with E-state index in [1.54, 1.807) is 0 Å². The van der Waals surface area contributed by atoms with Gasteiger partial charge in [-0.25, -0.2) is 4.98 Å². The predicted octanol–water partition coefficient (Wildman–Crippen LogP) is 2.01. The molecule has 0 spiro atoms. The lowest BCUT2D eigenvalue weighted by Crippen LogP contribution is -2.50. The van der Waals surface area contributed by atoms with E-state index < -0.39 is 0 Å². The van der Waals surface area contributed by atoms with E-state index in [2.05, 4.69) is 34.3 Å². The maximum Gasteiger partial charge on any atom is 0.237 e. The number of imidazole rings is 1. The third-order valence-corrected chi connectivity index (χ3v) is 5.11. The lowest BCUT2D eigenvalue weighted by molar-refractivity contribution is -0.134. The summed E-state index contributed by atoms with van der Waals surface area (Å²) >= 11 is 0. The smallest absolute Gasteiger partial charge is 0.237 e. The lowest BCUT2D eigenvalue weighted by atomic mass is 10.1. The van der Waals surface area contributed by atoms with Crippen LogP contribution in [0.5, 0.6) is 0 Å². The summed E-state index contributed by atoms with van der Waals surface area (Å²) in [4.78, 5) is 21.4. The summed E-state index contributed by atoms with van der Waals surface area (Å²) in [5, 5.41) is 3.41. The summed E-state index contributed by atoms with van der Waals surface area (Å²) in [7, 11) is 3.89. The SMILES string of the molecule is CC(c1ccccc1)N(C)C(=O)CN1CCNCC1c1nccn1C.Cl. The van der Waals surface area contributed by atoms with Gasteiger partial charge in [0.2, 0.25) is 5.91 Å². The van der Waals surface area contributed by atoms with Gasteiger partial charge in [0.25, 0.3) is 0 Å². The number of carbonyl (C=O) groups is 1. The normalized spacial score (nSPS) is 18.8. The Labute approximate surface area is 161 Å². The third-order valence-electron chi connectivity index (χ3n) is 5.11. The van der Waals surface area contributed by atoms with Crippen LogP contribution < -0.4 is 5.32 Å². The van der Waals surface area contributed by atoms with Crippen molar-refractivity contribution in [3.8, 4) is 0 Å². The molecule has 0 saturated carbocycles. The molecule has 0 aliphatic carbocycles. The van der Waals surface area contributed by atoms with Crippen molar-refractivity contribution in [3.05, 3.63) is 54.1 Å². The molecule has 26 heavy (non-hydrogen) atoms. The van der Waals surface area contributed by atoms with E-state index >= 15 is 0 Å². The van der Waals surface area contributed by atoms with Crippen LogP contribution in [0.3, 0.4) is 0 Å². The fourth-order valence-corrected chi connectivity index (χ4v) is 3.34. The van der Waals surface area contributed by atoms with Crippen molar-refractivity contribution in [2.75, 3.05) is 33.2 Å². The highest BCUT2D eigenvalue weighted by molar-refractivity contribution is 5.85. The maximum atomic E-state index is 12.9. The Bertz CT molecular complexity index is 705. The molecular formula is C19H28ClN5O. The molecule has 7 heteroatoms. The van der Waals surface area contributed by atoms with E-state index in [1.807, 2.05) is 54.2 Å². The number of piperazine rings is 1. The zero-order chi connectivity index (χ0) is 17.8. The Morgan fingerprint density at radius 1 is 1.38 bits per heavy atom. The highest BCUT2D eigenvalue weighted by atomic mass is 35.5. The van der Waals surface area contributed by atoms with Gasteiger partial charge in [0, 0.05) is 46.1 Å². The lowest BCUT2D eigenvalue weighted by Gasteiger charge is -2.36. The molecule has 1 aromatic heterocycles. The average Bonchev–Trinajstić information content (AvgIpc) is 3.07.